The van der Waals surface area contributed by atoms with Crippen molar-refractivity contribution in [3.8, 4) is 22.3 Å². The van der Waals surface area contributed by atoms with E-state index in [0.29, 0.717) is 0 Å². The van der Waals surface area contributed by atoms with Gasteiger partial charge in [0.25, 0.3) is 0 Å². The Bertz CT molecular complexity index is 1650. The molecular formula is C44H53Cl2SiZr. The molecule has 2 aliphatic rings. The summed E-state index contributed by atoms with van der Waals surface area (Å²) in [5.41, 5.74) is 13.7. The van der Waals surface area contributed by atoms with Crippen LogP contribution >= 0.6 is 17.0 Å². The number of hydrogen-bond donors (Lipinski definition) is 0. The Morgan fingerprint density at radius 1 is 0.521 bits per heavy atom. The number of halogens is 2. The predicted octanol–water partition coefficient (Wildman–Crippen LogP) is 14.5. The minimum atomic E-state index is -4.85. The molecule has 0 heterocycles. The molecule has 0 fully saturated rings. The Morgan fingerprint density at radius 2 is 0.938 bits per heavy atom. The first kappa shape index (κ1) is 35.9. The van der Waals surface area contributed by atoms with Crippen LogP contribution in [-0.4, -0.2) is 5.92 Å². The third kappa shape index (κ3) is 6.74. The molecule has 0 N–H and O–H groups in total. The molecule has 4 aromatic carbocycles. The van der Waals surface area contributed by atoms with Gasteiger partial charge in [-0.25, -0.2) is 0 Å². The van der Waals surface area contributed by atoms with Crippen molar-refractivity contribution >= 4 is 35.1 Å². The van der Waals surface area contributed by atoms with Crippen LogP contribution in [0.3, 0.4) is 0 Å². The van der Waals surface area contributed by atoms with Crippen LogP contribution < -0.4 is 0 Å². The molecule has 0 radical (unpaired) electrons. The molecule has 4 heteroatoms. The molecule has 0 spiro atoms. The van der Waals surface area contributed by atoms with E-state index in [0.717, 1.165) is 12.8 Å². The molecule has 0 aliphatic heterocycles. The van der Waals surface area contributed by atoms with Gasteiger partial charge in [0.05, 0.1) is 0 Å². The van der Waals surface area contributed by atoms with Crippen molar-refractivity contribution < 1.29 is 15.6 Å². The molecule has 0 amide bonds. The summed E-state index contributed by atoms with van der Waals surface area (Å²) < 4.78 is 0.272. The second-order valence-electron chi connectivity index (χ2n) is 14.7. The van der Waals surface area contributed by atoms with E-state index in [1.165, 1.54) is 107 Å². The third-order valence-electron chi connectivity index (χ3n) is 11.3. The van der Waals surface area contributed by atoms with E-state index < -0.39 is 21.5 Å². The summed E-state index contributed by atoms with van der Waals surface area (Å²) in [4.78, 5) is 0. The molecule has 48 heavy (non-hydrogen) atoms. The van der Waals surface area contributed by atoms with Gasteiger partial charge in [0.1, 0.15) is 0 Å². The normalized spacial score (nSPS) is 17.9. The second-order valence-corrected chi connectivity index (χ2v) is 57.2. The van der Waals surface area contributed by atoms with E-state index in [-0.39, 0.29) is 7.25 Å². The van der Waals surface area contributed by atoms with Gasteiger partial charge < -0.3 is 0 Å². The number of fused-ring (bicyclic) bond motifs is 2. The van der Waals surface area contributed by atoms with E-state index in [1.54, 1.807) is 0 Å². The maximum atomic E-state index is 8.82. The van der Waals surface area contributed by atoms with Crippen molar-refractivity contribution in [2.24, 2.45) is 0 Å². The third-order valence-corrected chi connectivity index (χ3v) is 63.2. The van der Waals surface area contributed by atoms with Gasteiger partial charge in [0.15, 0.2) is 0 Å². The molecule has 2 aliphatic carbocycles. The molecular weight excluding hydrogens is 719 g/mol. The van der Waals surface area contributed by atoms with Gasteiger partial charge in [-0.1, -0.05) is 0 Å². The van der Waals surface area contributed by atoms with E-state index in [1.807, 2.05) is 0 Å². The number of rotatable bonds is 15. The average molecular weight is 772 g/mol. The first-order valence-electron chi connectivity index (χ1n) is 18.6. The summed E-state index contributed by atoms with van der Waals surface area (Å²) in [5.74, 6) is -1.63. The molecule has 0 nitrogen and oxygen atoms in total. The second kappa shape index (κ2) is 15.5. The fourth-order valence-electron chi connectivity index (χ4n) is 8.75. The van der Waals surface area contributed by atoms with Gasteiger partial charge in [0.2, 0.25) is 0 Å². The fourth-order valence-corrected chi connectivity index (χ4v) is 40.2. The van der Waals surface area contributed by atoms with Crippen LogP contribution in [0.1, 0.15) is 108 Å². The van der Waals surface area contributed by atoms with Crippen molar-refractivity contribution in [2.45, 2.75) is 98.4 Å². The van der Waals surface area contributed by atoms with Crippen molar-refractivity contribution in [3.05, 3.63) is 130 Å². The topological polar surface area (TPSA) is 0 Å². The molecule has 4 aromatic rings. The molecule has 6 rings (SSSR count). The summed E-state index contributed by atoms with van der Waals surface area (Å²) in [5, 5.41) is 0. The number of allylic oxidation sites excluding steroid dienone is 2. The number of unbranched alkanes of at least 4 members (excludes halogenated alkanes) is 6. The average Bonchev–Trinajstić information content (AvgIpc) is 3.69. The number of benzene rings is 4. The Morgan fingerprint density at radius 3 is 1.31 bits per heavy atom. The van der Waals surface area contributed by atoms with Crippen LogP contribution in [0.25, 0.3) is 34.4 Å². The zero-order valence-corrected chi connectivity index (χ0v) is 34.6. The Kier molecular flexibility index (Phi) is 11.6. The van der Waals surface area contributed by atoms with Gasteiger partial charge in [-0.15, -0.1) is 0 Å². The molecule has 0 bridgehead atoms. The number of hydrogen-bond acceptors (Lipinski definition) is 0. The van der Waals surface area contributed by atoms with Gasteiger partial charge >= 0.3 is 302 Å². The van der Waals surface area contributed by atoms with Crippen LogP contribution in [0.5, 0.6) is 0 Å². The van der Waals surface area contributed by atoms with E-state index >= 15 is 0 Å². The van der Waals surface area contributed by atoms with E-state index in [2.05, 4.69) is 136 Å². The molecule has 0 saturated carbocycles. The van der Waals surface area contributed by atoms with Crippen LogP contribution in [0.15, 0.2) is 108 Å². The van der Waals surface area contributed by atoms with E-state index in [9.17, 15) is 0 Å². The van der Waals surface area contributed by atoms with Gasteiger partial charge in [0, 0.05) is 0 Å². The molecule has 0 saturated heterocycles. The minimum absolute atomic E-state index is 0.136. The Labute approximate surface area is 299 Å². The molecule has 2 unspecified atom stereocenters. The van der Waals surface area contributed by atoms with Crippen molar-refractivity contribution in [2.75, 3.05) is 0 Å². The molecule has 251 valence electrons. The summed E-state index contributed by atoms with van der Waals surface area (Å²) in [6.45, 7) is 9.58. The summed E-state index contributed by atoms with van der Waals surface area (Å²) in [7, 11) is 17.6. The SMILES string of the molecule is CCCCCCC1=Cc2c(-c3ccccc3)cccc2[CH]1[Zr]([Cl])([Cl])([CH]1C(CCCCCC)=Cc2c(-c3ccccc3)cccc21)[SiH](C)C. The summed E-state index contributed by atoms with van der Waals surface area (Å²) >= 11 is -4.85. The van der Waals surface area contributed by atoms with Crippen LogP contribution in [0, 0.1) is 0 Å². The quantitative estimate of drug-likeness (QED) is 0.0834. The Balaban J connectivity index is 1.55. The van der Waals surface area contributed by atoms with Crippen LogP contribution in [0.2, 0.25) is 13.1 Å². The monoisotopic (exact) mass is 769 g/mol. The van der Waals surface area contributed by atoms with E-state index in [4.69, 9.17) is 17.0 Å². The summed E-state index contributed by atoms with van der Waals surface area (Å²) in [6.07, 6.45) is 17.2. The zero-order chi connectivity index (χ0) is 33.8. The van der Waals surface area contributed by atoms with Crippen molar-refractivity contribution in [3.63, 3.8) is 0 Å². The van der Waals surface area contributed by atoms with Crippen molar-refractivity contribution in [1.29, 1.82) is 0 Å². The fraction of sp³-hybridized carbons (Fsp3) is 0.364. The Hall–Kier alpha value is -1.96. The van der Waals surface area contributed by atoms with Gasteiger partial charge in [-0.3, -0.25) is 0 Å². The first-order valence-corrected chi connectivity index (χ1v) is 35.0. The first-order chi connectivity index (χ1) is 23.3. The van der Waals surface area contributed by atoms with Crippen LogP contribution in [-0.2, 0) is 15.6 Å². The van der Waals surface area contributed by atoms with Gasteiger partial charge in [-0.2, -0.15) is 0 Å². The molecule has 2 atom stereocenters. The van der Waals surface area contributed by atoms with Gasteiger partial charge in [-0.05, 0) is 0 Å². The standard InChI is InChI=1S/2C21H23.C2H7Si.2ClH.Zr/c2*1-2-3-4-6-10-17-15-19-13-9-14-20(21(19)16-17)18-11-7-5-8-12-18;1-3-2;;;/h2*5,7-9,11-16H,2-4,6,10H2,1H3;3H,1-2H3;2*1H;/q;;;;;+2/p-2. The van der Waals surface area contributed by atoms with Crippen molar-refractivity contribution in [1.82, 2.24) is 0 Å². The molecule has 0 aromatic heterocycles. The zero-order valence-electron chi connectivity index (χ0n) is 29.5. The maximum absolute atomic E-state index is 8.82. The summed E-state index contributed by atoms with van der Waals surface area (Å²) in [6, 6.07) is 35.7. The predicted molar refractivity (Wildman–Crippen MR) is 213 cm³/mol. The van der Waals surface area contributed by atoms with Crippen LogP contribution in [0.4, 0.5) is 0 Å².